The van der Waals surface area contributed by atoms with Crippen LogP contribution in [0.2, 0.25) is 0 Å². The van der Waals surface area contributed by atoms with Crippen molar-refractivity contribution in [1.82, 2.24) is 0 Å². The van der Waals surface area contributed by atoms with Crippen molar-refractivity contribution < 1.29 is 19.1 Å². The van der Waals surface area contributed by atoms with Gasteiger partial charge in [0.05, 0.1) is 11.1 Å². The molecule has 214 valence electrons. The molecule has 0 aromatic carbocycles. The van der Waals surface area contributed by atoms with Crippen LogP contribution in [-0.2, 0) is 19.1 Å². The number of hydrogen-bond acceptors (Lipinski definition) is 4. The van der Waals surface area contributed by atoms with Crippen LogP contribution in [0.1, 0.15) is 94.9 Å². The molecule has 0 amide bonds. The van der Waals surface area contributed by atoms with Gasteiger partial charge in [0, 0.05) is 12.8 Å². The molecule has 1 saturated carbocycles. The Morgan fingerprint density at radius 2 is 1.05 bits per heavy atom. The van der Waals surface area contributed by atoms with E-state index in [-0.39, 0.29) is 41.0 Å². The normalized spacial score (nSPS) is 31.4. The molecule has 4 aliphatic carbocycles. The lowest BCUT2D eigenvalue weighted by atomic mass is 9.78. The molecule has 4 unspecified atom stereocenters. The highest BCUT2D eigenvalue weighted by Crippen LogP contribution is 2.61. The largest absolute Gasteiger partial charge is 0.451 e. The molecule has 0 N–H and O–H groups in total. The first-order valence-corrected chi connectivity index (χ1v) is 15.1. The Morgan fingerprint density at radius 1 is 0.692 bits per heavy atom. The first-order valence-electron chi connectivity index (χ1n) is 15.1. The average molecular weight is 535 g/mol. The van der Waals surface area contributed by atoms with Crippen molar-refractivity contribution in [2.45, 2.75) is 106 Å². The summed E-state index contributed by atoms with van der Waals surface area (Å²) in [5.74, 6) is 0.356. The minimum absolute atomic E-state index is 0.000405. The number of hydrogen-bond donors (Lipinski definition) is 0. The van der Waals surface area contributed by atoms with Crippen molar-refractivity contribution in [3.05, 3.63) is 58.7 Å². The maximum Gasteiger partial charge on any atom is 0.335 e. The number of carbonyl (C=O) groups is 2. The number of esters is 2. The van der Waals surface area contributed by atoms with Gasteiger partial charge in [-0.25, -0.2) is 9.59 Å². The van der Waals surface area contributed by atoms with Gasteiger partial charge in [-0.1, -0.05) is 93.5 Å². The standard InChI is InChI=1S/C35H50O4/c1-21(2)25-13-17-34(18-14-25,23(5)6)38-31(36)29-27-11-12-28(33(27,9)10)30(29)32(37)39-35(24(7)8)19-15-26(16-20-35)22(3)4/h13-17,19,21-24,27-28H,11-12,18,20H2,1-10H3. The van der Waals surface area contributed by atoms with Crippen LogP contribution >= 0.6 is 0 Å². The van der Waals surface area contributed by atoms with E-state index in [4.69, 9.17) is 9.47 Å². The van der Waals surface area contributed by atoms with Crippen LogP contribution in [0.3, 0.4) is 0 Å². The zero-order chi connectivity index (χ0) is 28.9. The molecular weight excluding hydrogens is 484 g/mol. The second-order valence-corrected chi connectivity index (χ2v) is 14.1. The second-order valence-electron chi connectivity index (χ2n) is 14.1. The summed E-state index contributed by atoms with van der Waals surface area (Å²) in [4.78, 5) is 28.2. The fourth-order valence-electron chi connectivity index (χ4n) is 7.09. The Balaban J connectivity index is 1.67. The fourth-order valence-corrected chi connectivity index (χ4v) is 7.09. The summed E-state index contributed by atoms with van der Waals surface area (Å²) in [6, 6.07) is 0. The highest BCUT2D eigenvalue weighted by molar-refractivity contribution is 6.03. The summed E-state index contributed by atoms with van der Waals surface area (Å²) in [7, 11) is 0. The molecule has 0 saturated heterocycles. The van der Waals surface area contributed by atoms with E-state index in [0.29, 0.717) is 35.8 Å². The quantitative estimate of drug-likeness (QED) is 0.294. The smallest absolute Gasteiger partial charge is 0.335 e. The first-order chi connectivity index (χ1) is 18.1. The van der Waals surface area contributed by atoms with Crippen LogP contribution in [0.15, 0.2) is 58.7 Å². The van der Waals surface area contributed by atoms with Crippen molar-refractivity contribution in [2.75, 3.05) is 0 Å². The molecule has 0 aromatic rings. The van der Waals surface area contributed by atoms with Crippen LogP contribution in [0.25, 0.3) is 0 Å². The van der Waals surface area contributed by atoms with Gasteiger partial charge < -0.3 is 9.47 Å². The van der Waals surface area contributed by atoms with Crippen LogP contribution in [0, 0.1) is 40.9 Å². The zero-order valence-electron chi connectivity index (χ0n) is 25.9. The van der Waals surface area contributed by atoms with Crippen LogP contribution in [0.4, 0.5) is 0 Å². The predicted octanol–water partition coefficient (Wildman–Crippen LogP) is 8.31. The van der Waals surface area contributed by atoms with Gasteiger partial charge in [-0.2, -0.15) is 0 Å². The fraction of sp³-hybridized carbons (Fsp3) is 0.657. The molecule has 0 heterocycles. The summed E-state index contributed by atoms with van der Waals surface area (Å²) in [5.41, 5.74) is 2.04. The topological polar surface area (TPSA) is 52.6 Å². The predicted molar refractivity (Wildman–Crippen MR) is 158 cm³/mol. The zero-order valence-corrected chi connectivity index (χ0v) is 25.9. The van der Waals surface area contributed by atoms with Crippen molar-refractivity contribution in [3.8, 4) is 0 Å². The van der Waals surface area contributed by atoms with Crippen molar-refractivity contribution in [3.63, 3.8) is 0 Å². The molecule has 0 aromatic heterocycles. The first kappa shape index (κ1) is 29.6. The van der Waals surface area contributed by atoms with E-state index >= 15 is 0 Å². The maximum atomic E-state index is 14.1. The third kappa shape index (κ3) is 5.13. The number of rotatable bonds is 8. The molecule has 0 radical (unpaired) electrons. The Morgan fingerprint density at radius 3 is 1.31 bits per heavy atom. The van der Waals surface area contributed by atoms with Gasteiger partial charge in [0.25, 0.3) is 0 Å². The second kappa shape index (κ2) is 10.6. The average Bonchev–Trinajstić information content (AvgIpc) is 3.28. The van der Waals surface area contributed by atoms with E-state index in [1.54, 1.807) is 0 Å². The van der Waals surface area contributed by atoms with Crippen LogP contribution in [-0.4, -0.2) is 23.1 Å². The summed E-state index contributed by atoms with van der Waals surface area (Å²) in [6.45, 7) is 21.5. The third-order valence-corrected chi connectivity index (χ3v) is 10.2. The van der Waals surface area contributed by atoms with E-state index in [2.05, 4.69) is 106 Å². The van der Waals surface area contributed by atoms with E-state index in [1.165, 1.54) is 11.1 Å². The molecule has 2 bridgehead atoms. The lowest BCUT2D eigenvalue weighted by Crippen LogP contribution is -2.42. The van der Waals surface area contributed by atoms with Crippen molar-refractivity contribution >= 4 is 11.9 Å². The molecule has 4 rings (SSSR count). The van der Waals surface area contributed by atoms with Crippen LogP contribution < -0.4 is 0 Å². The lowest BCUT2D eigenvalue weighted by Gasteiger charge is -2.38. The number of allylic oxidation sites excluding steroid dienone is 4. The van der Waals surface area contributed by atoms with Crippen LogP contribution in [0.5, 0.6) is 0 Å². The Bertz CT molecular complexity index is 1070. The molecule has 4 nitrogen and oxygen atoms in total. The monoisotopic (exact) mass is 534 g/mol. The van der Waals surface area contributed by atoms with Gasteiger partial charge in [-0.15, -0.1) is 0 Å². The van der Waals surface area contributed by atoms with E-state index < -0.39 is 11.2 Å². The minimum atomic E-state index is -0.716. The molecule has 39 heavy (non-hydrogen) atoms. The van der Waals surface area contributed by atoms with Gasteiger partial charge in [0.2, 0.25) is 0 Å². The Kier molecular flexibility index (Phi) is 8.02. The van der Waals surface area contributed by atoms with Gasteiger partial charge in [0.15, 0.2) is 0 Å². The summed E-state index contributed by atoms with van der Waals surface area (Å²) >= 11 is 0. The molecule has 4 heteroatoms. The van der Waals surface area contributed by atoms with E-state index in [0.717, 1.165) is 12.8 Å². The van der Waals surface area contributed by atoms with E-state index in [1.807, 2.05) is 0 Å². The highest BCUT2D eigenvalue weighted by Gasteiger charge is 2.58. The molecular formula is C35H50O4. The minimum Gasteiger partial charge on any atom is -0.451 e. The number of carbonyl (C=O) groups excluding carboxylic acids is 2. The SMILES string of the molecule is CC(C)C1=CCC(OC(=O)C2=C(C(=O)OC3(C(C)C)C=CC(C(C)C)=CC3)C3CCC2C3(C)C)(C(C)C)C=C1. The summed E-state index contributed by atoms with van der Waals surface area (Å²) in [6.07, 6.45) is 15.9. The summed E-state index contributed by atoms with van der Waals surface area (Å²) in [5, 5.41) is 0. The highest BCUT2D eigenvalue weighted by atomic mass is 16.6. The third-order valence-electron chi connectivity index (χ3n) is 10.2. The maximum absolute atomic E-state index is 14.1. The number of fused-ring (bicyclic) bond motifs is 2. The van der Waals surface area contributed by atoms with Crippen molar-refractivity contribution in [2.24, 2.45) is 40.9 Å². The molecule has 4 atom stereocenters. The van der Waals surface area contributed by atoms with E-state index in [9.17, 15) is 9.59 Å². The summed E-state index contributed by atoms with van der Waals surface area (Å²) < 4.78 is 12.8. The van der Waals surface area contributed by atoms with Gasteiger partial charge in [0.1, 0.15) is 11.2 Å². The van der Waals surface area contributed by atoms with Crippen molar-refractivity contribution in [1.29, 1.82) is 0 Å². The Labute approximate surface area is 236 Å². The molecule has 4 aliphatic rings. The lowest BCUT2D eigenvalue weighted by molar-refractivity contribution is -0.158. The van der Waals surface area contributed by atoms with Gasteiger partial charge >= 0.3 is 11.9 Å². The number of ether oxygens (including phenoxy) is 2. The Hall–Kier alpha value is -2.36. The molecule has 0 spiro atoms. The van der Waals surface area contributed by atoms with Gasteiger partial charge in [-0.05, 0) is 77.1 Å². The van der Waals surface area contributed by atoms with Gasteiger partial charge in [-0.3, -0.25) is 0 Å². The molecule has 1 fully saturated rings. The molecule has 0 aliphatic heterocycles.